The van der Waals surface area contributed by atoms with E-state index in [1.54, 1.807) is 6.07 Å². The average molecular weight is 358 g/mol. The quantitative estimate of drug-likeness (QED) is 0.649. The first-order valence-electron chi connectivity index (χ1n) is 8.55. The van der Waals surface area contributed by atoms with Crippen LogP contribution in [-0.2, 0) is 6.54 Å². The molecule has 1 unspecified atom stereocenters. The van der Waals surface area contributed by atoms with Crippen molar-refractivity contribution in [1.82, 2.24) is 15.2 Å². The lowest BCUT2D eigenvalue weighted by Gasteiger charge is -2.33. The number of aromatic nitrogens is 1. The van der Waals surface area contributed by atoms with Gasteiger partial charge >= 0.3 is 6.18 Å². The van der Waals surface area contributed by atoms with E-state index >= 15 is 0 Å². The molecule has 0 spiro atoms. The molecule has 5 nitrogen and oxygen atoms in total. The van der Waals surface area contributed by atoms with E-state index in [-0.39, 0.29) is 5.88 Å². The number of nitrogens with zero attached hydrogens (tertiary/aromatic N) is 3. The van der Waals surface area contributed by atoms with E-state index in [2.05, 4.69) is 31.9 Å². The first-order valence-corrected chi connectivity index (χ1v) is 8.55. The smallest absolute Gasteiger partial charge is 0.422 e. The standard InChI is InChI=1S/C17H25F3N4O/c1-3-21-16(24-8-4-5-13(2)11-24)23-10-14-6-7-22-15(9-14)25-12-17(18,19)20/h6-7,9,13H,3-5,8,10-12H2,1-2H3,(H,21,23). The molecule has 140 valence electrons. The molecule has 2 rings (SSSR count). The van der Waals surface area contributed by atoms with Gasteiger partial charge in [0.25, 0.3) is 0 Å². The molecule has 1 aliphatic rings. The zero-order valence-electron chi connectivity index (χ0n) is 14.6. The molecule has 0 aliphatic carbocycles. The van der Waals surface area contributed by atoms with Gasteiger partial charge in [0.1, 0.15) is 0 Å². The molecule has 25 heavy (non-hydrogen) atoms. The van der Waals surface area contributed by atoms with Gasteiger partial charge < -0.3 is 15.0 Å². The summed E-state index contributed by atoms with van der Waals surface area (Å²) in [5.41, 5.74) is 0.757. The normalized spacial score (nSPS) is 19.0. The fourth-order valence-electron chi connectivity index (χ4n) is 2.76. The van der Waals surface area contributed by atoms with Crippen LogP contribution in [0.1, 0.15) is 32.3 Å². The molecule has 1 atom stereocenters. The highest BCUT2D eigenvalue weighted by atomic mass is 19.4. The van der Waals surface area contributed by atoms with Crippen LogP contribution in [0.15, 0.2) is 23.3 Å². The van der Waals surface area contributed by atoms with E-state index in [4.69, 9.17) is 0 Å². The van der Waals surface area contributed by atoms with Crippen molar-refractivity contribution in [2.45, 2.75) is 39.4 Å². The molecule has 0 aromatic carbocycles. The third-order valence-electron chi connectivity index (χ3n) is 3.89. The van der Waals surface area contributed by atoms with E-state index in [1.165, 1.54) is 18.7 Å². The van der Waals surface area contributed by atoms with E-state index in [1.807, 2.05) is 6.92 Å². The molecule has 1 aromatic heterocycles. The summed E-state index contributed by atoms with van der Waals surface area (Å²) in [6, 6.07) is 3.23. The topological polar surface area (TPSA) is 49.8 Å². The predicted octanol–water partition coefficient (Wildman–Crippen LogP) is 3.22. The Kier molecular flexibility index (Phi) is 6.90. The fraction of sp³-hybridized carbons (Fsp3) is 0.647. The zero-order chi connectivity index (χ0) is 18.3. The molecule has 0 amide bonds. The van der Waals surface area contributed by atoms with Crippen molar-refractivity contribution in [3.63, 3.8) is 0 Å². The molecule has 8 heteroatoms. The highest BCUT2D eigenvalue weighted by Crippen LogP contribution is 2.18. The van der Waals surface area contributed by atoms with Gasteiger partial charge in [0.15, 0.2) is 12.6 Å². The number of hydrogen-bond donors (Lipinski definition) is 1. The molecule has 1 fully saturated rings. The van der Waals surface area contributed by atoms with Crippen LogP contribution in [0, 0.1) is 5.92 Å². The first kappa shape index (κ1) is 19.3. The minimum Gasteiger partial charge on any atom is -0.468 e. The number of pyridine rings is 1. The number of aliphatic imine (C=N–C) groups is 1. The summed E-state index contributed by atoms with van der Waals surface area (Å²) in [5, 5.41) is 3.28. The van der Waals surface area contributed by atoms with Crippen LogP contribution in [0.4, 0.5) is 13.2 Å². The van der Waals surface area contributed by atoms with E-state index in [0.717, 1.165) is 37.6 Å². The molecule has 0 saturated carbocycles. The molecular weight excluding hydrogens is 333 g/mol. The van der Waals surface area contributed by atoms with Gasteiger partial charge in [0.2, 0.25) is 5.88 Å². The summed E-state index contributed by atoms with van der Waals surface area (Å²) in [6.45, 7) is 5.94. The maximum atomic E-state index is 12.2. The first-order chi connectivity index (χ1) is 11.9. The van der Waals surface area contributed by atoms with Gasteiger partial charge in [-0.3, -0.25) is 0 Å². The Hall–Kier alpha value is -1.99. The van der Waals surface area contributed by atoms with Crippen molar-refractivity contribution >= 4 is 5.96 Å². The SMILES string of the molecule is CCNC(=NCc1ccnc(OCC(F)(F)F)c1)N1CCCC(C)C1. The number of alkyl halides is 3. The third-order valence-corrected chi connectivity index (χ3v) is 3.89. The number of ether oxygens (including phenoxy) is 1. The second-order valence-electron chi connectivity index (χ2n) is 6.27. The summed E-state index contributed by atoms with van der Waals surface area (Å²) in [6.07, 6.45) is -0.581. The van der Waals surface area contributed by atoms with Crippen LogP contribution in [0.25, 0.3) is 0 Å². The van der Waals surface area contributed by atoms with E-state index in [9.17, 15) is 13.2 Å². The number of hydrogen-bond acceptors (Lipinski definition) is 3. The Morgan fingerprint density at radius 3 is 2.96 bits per heavy atom. The Morgan fingerprint density at radius 1 is 1.48 bits per heavy atom. The van der Waals surface area contributed by atoms with Crippen molar-refractivity contribution in [3.05, 3.63) is 23.9 Å². The minimum atomic E-state index is -4.38. The van der Waals surface area contributed by atoms with Crippen LogP contribution < -0.4 is 10.1 Å². The van der Waals surface area contributed by atoms with Gasteiger partial charge in [-0.15, -0.1) is 0 Å². The monoisotopic (exact) mass is 358 g/mol. The lowest BCUT2D eigenvalue weighted by Crippen LogP contribution is -2.46. The van der Waals surface area contributed by atoms with E-state index < -0.39 is 12.8 Å². The van der Waals surface area contributed by atoms with Crippen LogP contribution >= 0.6 is 0 Å². The minimum absolute atomic E-state index is 0.0402. The molecule has 1 saturated heterocycles. The third kappa shape index (κ3) is 6.80. The number of halogens is 3. The van der Waals surface area contributed by atoms with Gasteiger partial charge in [-0.2, -0.15) is 13.2 Å². The average Bonchev–Trinajstić information content (AvgIpc) is 2.56. The van der Waals surface area contributed by atoms with Gasteiger partial charge in [-0.1, -0.05) is 6.92 Å². The molecule has 1 N–H and O–H groups in total. The zero-order valence-corrected chi connectivity index (χ0v) is 14.6. The second kappa shape index (κ2) is 8.92. The maximum Gasteiger partial charge on any atom is 0.422 e. The molecule has 0 radical (unpaired) electrons. The highest BCUT2D eigenvalue weighted by molar-refractivity contribution is 5.80. The summed E-state index contributed by atoms with van der Waals surface area (Å²) in [4.78, 5) is 10.7. The van der Waals surface area contributed by atoms with Gasteiger partial charge in [-0.05, 0) is 37.3 Å². The van der Waals surface area contributed by atoms with E-state index in [0.29, 0.717) is 12.5 Å². The van der Waals surface area contributed by atoms with Gasteiger partial charge in [0, 0.05) is 31.9 Å². The highest BCUT2D eigenvalue weighted by Gasteiger charge is 2.28. The fourth-order valence-corrected chi connectivity index (χ4v) is 2.76. The second-order valence-corrected chi connectivity index (χ2v) is 6.27. The Balaban J connectivity index is 2.01. The lowest BCUT2D eigenvalue weighted by molar-refractivity contribution is -0.154. The Bertz CT molecular complexity index is 577. The van der Waals surface area contributed by atoms with Gasteiger partial charge in [0.05, 0.1) is 6.54 Å². The van der Waals surface area contributed by atoms with Gasteiger partial charge in [-0.25, -0.2) is 9.98 Å². The molecular formula is C17H25F3N4O. The summed E-state index contributed by atoms with van der Waals surface area (Å²) >= 11 is 0. The summed E-state index contributed by atoms with van der Waals surface area (Å²) < 4.78 is 41.4. The van der Waals surface area contributed by atoms with Crippen LogP contribution in [0.2, 0.25) is 0 Å². The van der Waals surface area contributed by atoms with Crippen molar-refractivity contribution in [1.29, 1.82) is 0 Å². The largest absolute Gasteiger partial charge is 0.468 e. The molecule has 1 aromatic rings. The maximum absolute atomic E-state index is 12.2. The van der Waals surface area contributed by atoms with Crippen molar-refractivity contribution in [3.8, 4) is 5.88 Å². The summed E-state index contributed by atoms with van der Waals surface area (Å²) in [5.74, 6) is 1.42. The van der Waals surface area contributed by atoms with Crippen LogP contribution in [0.3, 0.4) is 0 Å². The van der Waals surface area contributed by atoms with Crippen LogP contribution in [-0.4, -0.2) is 48.3 Å². The predicted molar refractivity (Wildman–Crippen MR) is 90.6 cm³/mol. The number of likely N-dealkylation sites (tertiary alicyclic amines) is 1. The molecule has 1 aliphatic heterocycles. The molecule has 2 heterocycles. The van der Waals surface area contributed by atoms with Crippen LogP contribution in [0.5, 0.6) is 5.88 Å². The lowest BCUT2D eigenvalue weighted by atomic mass is 10.0. The Labute approximate surface area is 146 Å². The van der Waals surface area contributed by atoms with Crippen molar-refractivity contribution < 1.29 is 17.9 Å². The summed E-state index contributed by atoms with van der Waals surface area (Å²) in [7, 11) is 0. The number of nitrogens with one attached hydrogen (secondary N) is 1. The number of rotatable bonds is 5. The Morgan fingerprint density at radius 2 is 2.28 bits per heavy atom. The molecule has 0 bridgehead atoms. The van der Waals surface area contributed by atoms with Crippen molar-refractivity contribution in [2.24, 2.45) is 10.9 Å². The number of guanidine groups is 1. The number of piperidine rings is 1. The van der Waals surface area contributed by atoms with Crippen molar-refractivity contribution in [2.75, 3.05) is 26.2 Å².